The molecule has 0 unspecified atom stereocenters. The third-order valence-corrected chi connectivity index (χ3v) is 8.10. The van der Waals surface area contributed by atoms with Gasteiger partial charge in [0.15, 0.2) is 0 Å². The lowest BCUT2D eigenvalue weighted by Gasteiger charge is -2.28. The Balaban J connectivity index is 1.96. The van der Waals surface area contributed by atoms with E-state index in [0.717, 1.165) is 41.0 Å². The Morgan fingerprint density at radius 2 is 2.00 bits per heavy atom. The minimum absolute atomic E-state index is 0.106. The zero-order valence-electron chi connectivity index (χ0n) is 12.0. The van der Waals surface area contributed by atoms with Crippen LogP contribution in [0.2, 0.25) is 0 Å². The molecule has 1 aromatic rings. The number of hydrogen-bond acceptors (Lipinski definition) is 3. The second-order valence-corrected chi connectivity index (χ2v) is 9.96. The standard InChI is InChI=1S/C14H22BrNO2S2/c1-3-4-11-5-7-12(8-6-11)16-20(17,18)13-9-10(2)14(15)19-13/h9,11-12,16H,3-8H2,1-2H3. The number of aryl methyl sites for hydroxylation is 1. The van der Waals surface area contributed by atoms with E-state index >= 15 is 0 Å². The van der Waals surface area contributed by atoms with Crippen LogP contribution in [0.1, 0.15) is 51.0 Å². The molecule has 1 heterocycles. The minimum Gasteiger partial charge on any atom is -0.207 e. The molecule has 0 spiro atoms. The first-order valence-electron chi connectivity index (χ1n) is 7.20. The number of sulfonamides is 1. The largest absolute Gasteiger partial charge is 0.250 e. The number of nitrogens with one attached hydrogen (secondary N) is 1. The summed E-state index contributed by atoms with van der Waals surface area (Å²) in [6, 6.07) is 1.84. The lowest BCUT2D eigenvalue weighted by atomic mass is 9.84. The summed E-state index contributed by atoms with van der Waals surface area (Å²) >= 11 is 4.67. The van der Waals surface area contributed by atoms with E-state index in [0.29, 0.717) is 4.21 Å². The van der Waals surface area contributed by atoms with Crippen LogP contribution in [0.3, 0.4) is 0 Å². The molecule has 0 atom stereocenters. The quantitative estimate of drug-likeness (QED) is 0.820. The van der Waals surface area contributed by atoms with E-state index in [1.807, 2.05) is 6.92 Å². The molecule has 0 bridgehead atoms. The lowest BCUT2D eigenvalue weighted by molar-refractivity contribution is 0.297. The van der Waals surface area contributed by atoms with Gasteiger partial charge in [0, 0.05) is 6.04 Å². The molecular formula is C14H22BrNO2S2. The molecule has 0 aromatic carbocycles. The number of halogens is 1. The molecule has 114 valence electrons. The first-order chi connectivity index (χ1) is 9.42. The average Bonchev–Trinajstić information content (AvgIpc) is 2.73. The van der Waals surface area contributed by atoms with Crippen molar-refractivity contribution in [1.29, 1.82) is 0 Å². The fraction of sp³-hybridized carbons (Fsp3) is 0.714. The molecule has 1 aromatic heterocycles. The van der Waals surface area contributed by atoms with Crippen LogP contribution in [0.15, 0.2) is 14.1 Å². The molecule has 3 nitrogen and oxygen atoms in total. The van der Waals surface area contributed by atoms with Gasteiger partial charge in [-0.3, -0.25) is 0 Å². The lowest BCUT2D eigenvalue weighted by Crippen LogP contribution is -2.37. The van der Waals surface area contributed by atoms with E-state index in [4.69, 9.17) is 0 Å². The van der Waals surface area contributed by atoms with E-state index in [9.17, 15) is 8.42 Å². The maximum absolute atomic E-state index is 12.4. The molecular weight excluding hydrogens is 358 g/mol. The summed E-state index contributed by atoms with van der Waals surface area (Å²) in [6.07, 6.45) is 6.73. The molecule has 1 N–H and O–H groups in total. The smallest absolute Gasteiger partial charge is 0.207 e. The van der Waals surface area contributed by atoms with Crippen LogP contribution < -0.4 is 4.72 Å². The Bertz CT molecular complexity index is 526. The Labute approximate surface area is 134 Å². The van der Waals surface area contributed by atoms with Crippen LogP contribution in [-0.4, -0.2) is 14.5 Å². The van der Waals surface area contributed by atoms with Crippen LogP contribution in [-0.2, 0) is 10.0 Å². The highest BCUT2D eigenvalue weighted by Crippen LogP contribution is 2.32. The third-order valence-electron chi connectivity index (χ3n) is 3.96. The molecule has 1 aliphatic carbocycles. The minimum atomic E-state index is -3.35. The predicted octanol–water partition coefficient (Wildman–Crippen LogP) is 4.46. The molecule has 20 heavy (non-hydrogen) atoms. The van der Waals surface area contributed by atoms with Gasteiger partial charge in [0.25, 0.3) is 0 Å². The molecule has 1 saturated carbocycles. The second kappa shape index (κ2) is 6.90. The van der Waals surface area contributed by atoms with Crippen LogP contribution in [0.4, 0.5) is 0 Å². The first kappa shape index (κ1) is 16.5. The van der Waals surface area contributed by atoms with Gasteiger partial charge >= 0.3 is 0 Å². The number of rotatable bonds is 5. The molecule has 0 aliphatic heterocycles. The Morgan fingerprint density at radius 3 is 2.50 bits per heavy atom. The van der Waals surface area contributed by atoms with Crippen molar-refractivity contribution in [2.75, 3.05) is 0 Å². The van der Waals surface area contributed by atoms with Gasteiger partial charge in [0.2, 0.25) is 10.0 Å². The maximum Gasteiger partial charge on any atom is 0.250 e. The highest BCUT2D eigenvalue weighted by atomic mass is 79.9. The molecule has 0 amide bonds. The van der Waals surface area contributed by atoms with Crippen molar-refractivity contribution in [3.8, 4) is 0 Å². The summed E-state index contributed by atoms with van der Waals surface area (Å²) in [4.78, 5) is 0. The van der Waals surface area contributed by atoms with Gasteiger partial charge < -0.3 is 0 Å². The van der Waals surface area contributed by atoms with Crippen LogP contribution in [0.5, 0.6) is 0 Å². The van der Waals surface area contributed by atoms with Crippen molar-refractivity contribution < 1.29 is 8.42 Å². The molecule has 0 radical (unpaired) electrons. The van der Waals surface area contributed by atoms with Crippen molar-refractivity contribution in [1.82, 2.24) is 4.72 Å². The summed E-state index contributed by atoms with van der Waals surface area (Å²) in [5, 5.41) is 0. The summed E-state index contributed by atoms with van der Waals surface area (Å²) in [5.41, 5.74) is 0.974. The van der Waals surface area contributed by atoms with Gasteiger partial charge in [0.1, 0.15) is 4.21 Å². The number of thiophene rings is 1. The molecule has 6 heteroatoms. The van der Waals surface area contributed by atoms with Gasteiger partial charge in [-0.05, 0) is 66.1 Å². The molecule has 0 saturated heterocycles. The van der Waals surface area contributed by atoms with Crippen molar-refractivity contribution in [3.63, 3.8) is 0 Å². The summed E-state index contributed by atoms with van der Waals surface area (Å²) in [5.74, 6) is 0.791. The van der Waals surface area contributed by atoms with Crippen molar-refractivity contribution >= 4 is 37.3 Å². The second-order valence-electron chi connectivity index (χ2n) is 5.65. The van der Waals surface area contributed by atoms with Crippen molar-refractivity contribution in [3.05, 3.63) is 15.4 Å². The van der Waals surface area contributed by atoms with E-state index in [2.05, 4.69) is 27.6 Å². The Kier molecular flexibility index (Phi) is 5.68. The SMILES string of the molecule is CCCC1CCC(NS(=O)(=O)c2cc(C)c(Br)s2)CC1. The fourth-order valence-electron chi connectivity index (χ4n) is 2.82. The molecule has 1 fully saturated rings. The monoisotopic (exact) mass is 379 g/mol. The molecule has 1 aliphatic rings. The van der Waals surface area contributed by atoms with Gasteiger partial charge in [-0.2, -0.15) is 0 Å². The molecule has 2 rings (SSSR count). The number of hydrogen-bond donors (Lipinski definition) is 1. The summed E-state index contributed by atoms with van der Waals surface area (Å²) in [6.45, 7) is 4.13. The summed E-state index contributed by atoms with van der Waals surface area (Å²) in [7, 11) is -3.35. The van der Waals surface area contributed by atoms with Crippen LogP contribution >= 0.6 is 27.3 Å². The van der Waals surface area contributed by atoms with Gasteiger partial charge in [-0.15, -0.1) is 11.3 Å². The zero-order valence-corrected chi connectivity index (χ0v) is 15.2. The van der Waals surface area contributed by atoms with Crippen molar-refractivity contribution in [2.45, 2.75) is 62.6 Å². The predicted molar refractivity (Wildman–Crippen MR) is 87.7 cm³/mol. The topological polar surface area (TPSA) is 46.2 Å². The normalized spacial score (nSPS) is 23.9. The van der Waals surface area contributed by atoms with Gasteiger partial charge in [-0.25, -0.2) is 13.1 Å². The Hall–Kier alpha value is 0.0900. The average molecular weight is 380 g/mol. The van der Waals surface area contributed by atoms with E-state index in [-0.39, 0.29) is 6.04 Å². The van der Waals surface area contributed by atoms with Crippen molar-refractivity contribution in [2.24, 2.45) is 5.92 Å². The fourth-order valence-corrected chi connectivity index (χ4v) is 6.37. The summed E-state index contributed by atoms with van der Waals surface area (Å²) < 4.78 is 28.9. The zero-order chi connectivity index (χ0) is 14.8. The third kappa shape index (κ3) is 4.06. The van der Waals surface area contributed by atoms with Gasteiger partial charge in [-0.1, -0.05) is 19.8 Å². The van der Waals surface area contributed by atoms with E-state index < -0.39 is 10.0 Å². The highest BCUT2D eigenvalue weighted by Gasteiger charge is 2.26. The van der Waals surface area contributed by atoms with Gasteiger partial charge in [0.05, 0.1) is 3.79 Å². The van der Waals surface area contributed by atoms with E-state index in [1.165, 1.54) is 24.2 Å². The van der Waals surface area contributed by atoms with E-state index in [1.54, 1.807) is 6.07 Å². The van der Waals surface area contributed by atoms with Crippen LogP contribution in [0, 0.1) is 12.8 Å². The Morgan fingerprint density at radius 1 is 1.35 bits per heavy atom. The highest BCUT2D eigenvalue weighted by molar-refractivity contribution is 9.11. The van der Waals surface area contributed by atoms with Crippen LogP contribution in [0.25, 0.3) is 0 Å². The first-order valence-corrected chi connectivity index (χ1v) is 10.3. The maximum atomic E-state index is 12.4.